The van der Waals surface area contributed by atoms with Crippen LogP contribution in [0.25, 0.3) is 22.1 Å². The number of carbonyl (C=O) groups excluding carboxylic acids is 1. The van der Waals surface area contributed by atoms with E-state index in [4.69, 9.17) is 4.74 Å². The number of benzene rings is 2. The van der Waals surface area contributed by atoms with Crippen LogP contribution in [0.15, 0.2) is 30.3 Å². The van der Waals surface area contributed by atoms with Crippen LogP contribution in [0.3, 0.4) is 0 Å². The van der Waals surface area contributed by atoms with Crippen LogP contribution in [0.2, 0.25) is 0 Å². The lowest BCUT2D eigenvalue weighted by atomic mass is 10.1. The third-order valence-corrected chi connectivity index (χ3v) is 4.11. The molecule has 1 aromatic heterocycles. The second kappa shape index (κ2) is 5.63. The number of aromatic nitrogens is 2. The lowest BCUT2D eigenvalue weighted by molar-refractivity contribution is -0.591. The van der Waals surface area contributed by atoms with Crippen LogP contribution < -0.4 is 14.2 Å². The van der Waals surface area contributed by atoms with Gasteiger partial charge in [0.2, 0.25) is 5.75 Å². The molecule has 24 heavy (non-hydrogen) atoms. The van der Waals surface area contributed by atoms with Crippen LogP contribution in [0.4, 0.5) is 0 Å². The number of para-hydroxylation sites is 1. The van der Waals surface area contributed by atoms with Gasteiger partial charge in [0.15, 0.2) is 0 Å². The highest BCUT2D eigenvalue weighted by atomic mass is 16.5. The molecule has 0 aliphatic rings. The minimum absolute atomic E-state index is 0.0530. The van der Waals surface area contributed by atoms with Gasteiger partial charge in [-0.1, -0.05) is 19.9 Å². The maximum absolute atomic E-state index is 12.8. The minimum Gasteiger partial charge on any atom is -0.617 e. The highest BCUT2D eigenvalue weighted by Crippen LogP contribution is 2.24. The fourth-order valence-electron chi connectivity index (χ4n) is 2.55. The Bertz CT molecular complexity index is 980. The van der Waals surface area contributed by atoms with E-state index in [2.05, 4.69) is 0 Å². The summed E-state index contributed by atoms with van der Waals surface area (Å²) in [5.41, 5.74) is 2.57. The van der Waals surface area contributed by atoms with Crippen molar-refractivity contribution in [2.45, 2.75) is 27.7 Å². The van der Waals surface area contributed by atoms with Gasteiger partial charge in [0.05, 0.1) is 5.92 Å². The van der Waals surface area contributed by atoms with Gasteiger partial charge in [-0.3, -0.25) is 4.79 Å². The summed E-state index contributed by atoms with van der Waals surface area (Å²) in [5.74, 6) is -0.712. The van der Waals surface area contributed by atoms with Gasteiger partial charge in [-0.05, 0) is 31.0 Å². The van der Waals surface area contributed by atoms with E-state index in [-0.39, 0.29) is 33.7 Å². The Kier molecular flexibility index (Phi) is 3.75. The molecule has 2 aromatic carbocycles. The SMILES string of the molecule is Cc1cc2c(cc1C)[n+]([O-])c1c(OC(=O)C(C)C)cccc1[n+]2[O-]. The first-order valence-corrected chi connectivity index (χ1v) is 7.71. The normalized spacial score (nSPS) is 11.4. The molecular weight excluding hydrogens is 308 g/mol. The fourth-order valence-corrected chi connectivity index (χ4v) is 2.55. The first kappa shape index (κ1) is 16.0. The minimum atomic E-state index is -0.458. The fraction of sp³-hybridized carbons (Fsp3) is 0.278. The molecule has 0 radical (unpaired) electrons. The molecule has 3 rings (SSSR count). The van der Waals surface area contributed by atoms with E-state index in [0.717, 1.165) is 11.1 Å². The smallest absolute Gasteiger partial charge is 0.333 e. The predicted molar refractivity (Wildman–Crippen MR) is 89.3 cm³/mol. The summed E-state index contributed by atoms with van der Waals surface area (Å²) < 4.78 is 6.68. The summed E-state index contributed by atoms with van der Waals surface area (Å²) in [6, 6.07) is 8.01. The molecule has 0 N–H and O–H groups in total. The molecule has 0 atom stereocenters. The van der Waals surface area contributed by atoms with Gasteiger partial charge in [-0.25, -0.2) is 0 Å². The van der Waals surface area contributed by atoms with E-state index in [0.29, 0.717) is 9.46 Å². The van der Waals surface area contributed by atoms with E-state index >= 15 is 0 Å². The first-order chi connectivity index (χ1) is 11.3. The first-order valence-electron chi connectivity index (χ1n) is 7.71. The molecule has 0 spiro atoms. The van der Waals surface area contributed by atoms with Crippen LogP contribution >= 0.6 is 0 Å². The van der Waals surface area contributed by atoms with E-state index in [1.807, 2.05) is 13.8 Å². The summed E-state index contributed by atoms with van der Waals surface area (Å²) in [5, 5.41) is 25.5. The molecular formula is C18H18N2O4. The zero-order chi connectivity index (χ0) is 17.6. The maximum Gasteiger partial charge on any atom is 0.333 e. The zero-order valence-electron chi connectivity index (χ0n) is 14.0. The molecule has 124 valence electrons. The Balaban J connectivity index is 2.38. The summed E-state index contributed by atoms with van der Waals surface area (Å²) in [4.78, 5) is 11.9. The summed E-state index contributed by atoms with van der Waals surface area (Å²) in [6.07, 6.45) is 0. The number of ether oxygens (including phenoxy) is 1. The molecule has 0 saturated carbocycles. The Morgan fingerprint density at radius 3 is 2.17 bits per heavy atom. The number of esters is 1. The van der Waals surface area contributed by atoms with Crippen molar-refractivity contribution in [3.8, 4) is 5.75 Å². The number of fused-ring (bicyclic) bond motifs is 2. The predicted octanol–water partition coefficient (Wildman–Crippen LogP) is 2.44. The van der Waals surface area contributed by atoms with Crippen molar-refractivity contribution < 1.29 is 19.0 Å². The van der Waals surface area contributed by atoms with Crippen molar-refractivity contribution in [1.29, 1.82) is 0 Å². The van der Waals surface area contributed by atoms with E-state index in [9.17, 15) is 15.2 Å². The van der Waals surface area contributed by atoms with Crippen LogP contribution in [0.1, 0.15) is 25.0 Å². The van der Waals surface area contributed by atoms with Crippen LogP contribution in [-0.2, 0) is 4.79 Å². The summed E-state index contributed by atoms with van der Waals surface area (Å²) in [7, 11) is 0. The van der Waals surface area contributed by atoms with Crippen LogP contribution in [0.5, 0.6) is 5.75 Å². The number of rotatable bonds is 2. The van der Waals surface area contributed by atoms with Crippen molar-refractivity contribution in [1.82, 2.24) is 0 Å². The third kappa shape index (κ3) is 2.40. The van der Waals surface area contributed by atoms with Gasteiger partial charge < -0.3 is 15.2 Å². The average molecular weight is 326 g/mol. The van der Waals surface area contributed by atoms with E-state index < -0.39 is 5.97 Å². The molecule has 6 heteroatoms. The topological polar surface area (TPSA) is 80.2 Å². The maximum atomic E-state index is 12.8. The number of hydrogen-bond acceptors (Lipinski definition) is 4. The summed E-state index contributed by atoms with van der Waals surface area (Å²) in [6.45, 7) is 7.16. The monoisotopic (exact) mass is 326 g/mol. The molecule has 0 aliphatic heterocycles. The van der Waals surface area contributed by atoms with Gasteiger partial charge in [0.1, 0.15) is 0 Å². The largest absolute Gasteiger partial charge is 0.617 e. The van der Waals surface area contributed by atoms with Crippen LogP contribution in [0, 0.1) is 30.2 Å². The Hall–Kier alpha value is -2.89. The van der Waals surface area contributed by atoms with Crippen LogP contribution in [-0.4, -0.2) is 5.97 Å². The number of nitrogens with zero attached hydrogens (tertiary/aromatic N) is 2. The molecule has 0 aliphatic carbocycles. The molecule has 3 aromatic rings. The molecule has 1 heterocycles. The van der Waals surface area contributed by atoms with Crippen molar-refractivity contribution in [3.05, 3.63) is 51.9 Å². The lowest BCUT2D eigenvalue weighted by Gasteiger charge is -2.12. The number of hydrogen-bond donors (Lipinski definition) is 0. The molecule has 0 amide bonds. The van der Waals surface area contributed by atoms with Crippen molar-refractivity contribution in [2.75, 3.05) is 0 Å². The Labute approximate surface area is 139 Å². The Morgan fingerprint density at radius 2 is 1.58 bits per heavy atom. The van der Waals surface area contributed by atoms with Crippen molar-refractivity contribution in [3.63, 3.8) is 0 Å². The van der Waals surface area contributed by atoms with E-state index in [1.165, 1.54) is 12.1 Å². The van der Waals surface area contributed by atoms with Gasteiger partial charge in [0.25, 0.3) is 16.6 Å². The van der Waals surface area contributed by atoms with Gasteiger partial charge in [-0.2, -0.15) is 9.46 Å². The molecule has 0 fully saturated rings. The van der Waals surface area contributed by atoms with Gasteiger partial charge >= 0.3 is 11.5 Å². The zero-order valence-corrected chi connectivity index (χ0v) is 14.0. The standard InChI is InChI=1S/C18H18N2O4/c1-10(2)18(21)24-16-7-5-6-13-17(16)20(23)15-9-12(4)11(3)8-14(15)19(13)22/h5-10H,1-4H3. The lowest BCUT2D eigenvalue weighted by Crippen LogP contribution is -2.40. The molecule has 0 saturated heterocycles. The number of carbonyl (C=O) groups is 1. The highest BCUT2D eigenvalue weighted by molar-refractivity contribution is 5.84. The summed E-state index contributed by atoms with van der Waals surface area (Å²) >= 11 is 0. The quantitative estimate of drug-likeness (QED) is 0.238. The second-order valence-corrected chi connectivity index (χ2v) is 6.21. The highest BCUT2D eigenvalue weighted by Gasteiger charge is 2.27. The Morgan fingerprint density at radius 1 is 1.00 bits per heavy atom. The number of aryl methyl sites for hydroxylation is 2. The molecule has 0 bridgehead atoms. The van der Waals surface area contributed by atoms with Crippen molar-refractivity contribution >= 4 is 28.0 Å². The third-order valence-electron chi connectivity index (χ3n) is 4.11. The van der Waals surface area contributed by atoms with Gasteiger partial charge in [-0.15, -0.1) is 0 Å². The second-order valence-electron chi connectivity index (χ2n) is 6.21. The molecule has 6 nitrogen and oxygen atoms in total. The van der Waals surface area contributed by atoms with E-state index in [1.54, 1.807) is 32.0 Å². The van der Waals surface area contributed by atoms with Gasteiger partial charge in [0, 0.05) is 18.2 Å². The van der Waals surface area contributed by atoms with Crippen molar-refractivity contribution in [2.24, 2.45) is 5.92 Å². The molecule has 0 unspecified atom stereocenters. The average Bonchev–Trinajstić information content (AvgIpc) is 2.54.